The van der Waals surface area contributed by atoms with Crippen molar-refractivity contribution in [2.75, 3.05) is 0 Å². The lowest BCUT2D eigenvalue weighted by Crippen LogP contribution is -2.04. The van der Waals surface area contributed by atoms with Gasteiger partial charge in [-0.25, -0.2) is 4.39 Å². The molecule has 19 heavy (non-hydrogen) atoms. The molecule has 2 heteroatoms. The number of hydrogen-bond donors (Lipinski definition) is 0. The molecule has 0 saturated carbocycles. The van der Waals surface area contributed by atoms with Gasteiger partial charge in [-0.1, -0.05) is 30.3 Å². The zero-order valence-electron chi connectivity index (χ0n) is 10.6. The number of carbonyl (C=O) groups is 1. The number of halogens is 1. The fraction of sp³-hybridized carbons (Fsp3) is 0.235. The second-order valence-corrected chi connectivity index (χ2v) is 5.09. The van der Waals surface area contributed by atoms with E-state index in [0.29, 0.717) is 6.42 Å². The zero-order valence-corrected chi connectivity index (χ0v) is 10.6. The van der Waals surface area contributed by atoms with Crippen LogP contribution < -0.4 is 0 Å². The van der Waals surface area contributed by atoms with E-state index in [0.717, 1.165) is 24.7 Å². The lowest BCUT2D eigenvalue weighted by Gasteiger charge is -2.15. The average molecular weight is 254 g/mol. The van der Waals surface area contributed by atoms with E-state index in [4.69, 9.17) is 0 Å². The summed E-state index contributed by atoms with van der Waals surface area (Å²) in [5.74, 6) is -0.0358. The number of carbonyl (C=O) groups excluding carboxylic acids is 1. The quantitative estimate of drug-likeness (QED) is 0.748. The van der Waals surface area contributed by atoms with Gasteiger partial charge in [-0.2, -0.15) is 0 Å². The summed E-state index contributed by atoms with van der Waals surface area (Å²) in [6.07, 6.45) is 3.02. The van der Waals surface area contributed by atoms with E-state index in [1.165, 1.54) is 22.8 Å². The molecule has 0 heterocycles. The first-order valence-corrected chi connectivity index (χ1v) is 6.56. The monoisotopic (exact) mass is 254 g/mol. The van der Waals surface area contributed by atoms with E-state index in [2.05, 4.69) is 12.1 Å². The third kappa shape index (κ3) is 2.30. The van der Waals surface area contributed by atoms with Crippen molar-refractivity contribution < 1.29 is 9.18 Å². The van der Waals surface area contributed by atoms with E-state index in [-0.39, 0.29) is 11.7 Å². The maximum absolute atomic E-state index is 13.4. The molecule has 96 valence electrons. The molecular weight excluding hydrogens is 239 g/mol. The number of hydrogen-bond acceptors (Lipinski definition) is 1. The normalized spacial score (nSPS) is 17.2. The largest absolute Gasteiger partial charge is 0.303 e. The highest BCUT2D eigenvalue weighted by molar-refractivity contribution is 5.54. The third-order valence-corrected chi connectivity index (χ3v) is 3.89. The van der Waals surface area contributed by atoms with Gasteiger partial charge < -0.3 is 4.79 Å². The van der Waals surface area contributed by atoms with Gasteiger partial charge in [0.25, 0.3) is 0 Å². The summed E-state index contributed by atoms with van der Waals surface area (Å²) >= 11 is 0. The molecule has 2 aromatic rings. The summed E-state index contributed by atoms with van der Waals surface area (Å²) in [5, 5.41) is 0. The summed E-state index contributed by atoms with van der Waals surface area (Å²) in [7, 11) is 0. The van der Waals surface area contributed by atoms with Crippen LogP contribution in [-0.2, 0) is 17.6 Å². The van der Waals surface area contributed by atoms with Gasteiger partial charge in [0, 0.05) is 6.42 Å². The first-order chi connectivity index (χ1) is 9.28. The van der Waals surface area contributed by atoms with E-state index in [1.54, 1.807) is 6.07 Å². The molecule has 1 nitrogen and oxygen atoms in total. The Morgan fingerprint density at radius 1 is 1.11 bits per heavy atom. The Morgan fingerprint density at radius 2 is 1.95 bits per heavy atom. The summed E-state index contributed by atoms with van der Waals surface area (Å²) in [5.41, 5.74) is 4.68. The fourth-order valence-corrected chi connectivity index (χ4v) is 2.96. The molecule has 1 aliphatic carbocycles. The highest BCUT2D eigenvalue weighted by Crippen LogP contribution is 2.33. The van der Waals surface area contributed by atoms with Crippen LogP contribution in [0, 0.1) is 5.82 Å². The zero-order chi connectivity index (χ0) is 13.2. The van der Waals surface area contributed by atoms with Crippen LogP contribution in [0.4, 0.5) is 4.39 Å². The highest BCUT2D eigenvalue weighted by Gasteiger charge is 2.21. The van der Waals surface area contributed by atoms with Gasteiger partial charge in [0.05, 0.1) is 0 Å². The second-order valence-electron chi connectivity index (χ2n) is 5.09. The van der Waals surface area contributed by atoms with Crippen LogP contribution in [0.5, 0.6) is 0 Å². The Morgan fingerprint density at radius 3 is 2.79 bits per heavy atom. The van der Waals surface area contributed by atoms with Crippen LogP contribution >= 0.6 is 0 Å². The van der Waals surface area contributed by atoms with Crippen LogP contribution in [0.2, 0.25) is 0 Å². The van der Waals surface area contributed by atoms with Gasteiger partial charge in [-0.3, -0.25) is 0 Å². The summed E-state index contributed by atoms with van der Waals surface area (Å²) in [4.78, 5) is 10.9. The fourth-order valence-electron chi connectivity index (χ4n) is 2.96. The molecule has 1 aliphatic rings. The standard InChI is InChI=1S/C17H15FO/c18-16-6-5-12-9-13-3-1-2-4-17(13)14(7-8-19)10-15(12)11-16/h1-6,8,11,14H,7,9-10H2. The molecule has 0 N–H and O–H groups in total. The van der Waals surface area contributed by atoms with Gasteiger partial charge >= 0.3 is 0 Å². The van der Waals surface area contributed by atoms with Crippen molar-refractivity contribution in [3.63, 3.8) is 0 Å². The molecule has 1 atom stereocenters. The number of rotatable bonds is 2. The van der Waals surface area contributed by atoms with Gasteiger partial charge in [0.15, 0.2) is 0 Å². The molecule has 0 amide bonds. The van der Waals surface area contributed by atoms with Crippen molar-refractivity contribution in [3.8, 4) is 0 Å². The third-order valence-electron chi connectivity index (χ3n) is 3.89. The van der Waals surface area contributed by atoms with E-state index in [1.807, 2.05) is 18.2 Å². The minimum atomic E-state index is -0.199. The number of aldehydes is 1. The summed E-state index contributed by atoms with van der Waals surface area (Å²) in [6.45, 7) is 0. The molecule has 0 aliphatic heterocycles. The summed E-state index contributed by atoms with van der Waals surface area (Å²) < 4.78 is 13.4. The first kappa shape index (κ1) is 12.1. The van der Waals surface area contributed by atoms with Crippen molar-refractivity contribution in [1.29, 1.82) is 0 Å². The van der Waals surface area contributed by atoms with Crippen molar-refractivity contribution in [1.82, 2.24) is 0 Å². The Kier molecular flexibility index (Phi) is 3.16. The topological polar surface area (TPSA) is 17.1 Å². The van der Waals surface area contributed by atoms with Gasteiger partial charge in [-0.05, 0) is 53.1 Å². The van der Waals surface area contributed by atoms with Crippen LogP contribution in [0.15, 0.2) is 42.5 Å². The lowest BCUT2D eigenvalue weighted by molar-refractivity contribution is -0.108. The van der Waals surface area contributed by atoms with E-state index in [9.17, 15) is 9.18 Å². The van der Waals surface area contributed by atoms with Gasteiger partial charge in [0.1, 0.15) is 12.1 Å². The summed E-state index contributed by atoms with van der Waals surface area (Å²) in [6, 6.07) is 13.2. The average Bonchev–Trinajstić information content (AvgIpc) is 2.56. The predicted octanol–water partition coefficient (Wildman–Crippen LogP) is 3.65. The lowest BCUT2D eigenvalue weighted by atomic mass is 9.89. The number of benzene rings is 2. The molecule has 2 aromatic carbocycles. The number of fused-ring (bicyclic) bond motifs is 2. The van der Waals surface area contributed by atoms with Crippen molar-refractivity contribution >= 4 is 6.29 Å². The van der Waals surface area contributed by atoms with Crippen molar-refractivity contribution in [2.45, 2.75) is 25.2 Å². The van der Waals surface area contributed by atoms with Crippen molar-refractivity contribution in [2.24, 2.45) is 0 Å². The molecule has 1 unspecified atom stereocenters. The molecule has 0 spiro atoms. The van der Waals surface area contributed by atoms with Crippen molar-refractivity contribution in [3.05, 3.63) is 70.5 Å². The predicted molar refractivity (Wildman–Crippen MR) is 72.8 cm³/mol. The molecule has 0 aromatic heterocycles. The smallest absolute Gasteiger partial charge is 0.123 e. The van der Waals surface area contributed by atoms with Gasteiger partial charge in [-0.15, -0.1) is 0 Å². The SMILES string of the molecule is O=CCC1Cc2cc(F)ccc2Cc2ccccc21. The molecular formula is C17H15FO. The molecule has 3 rings (SSSR count). The molecule has 0 saturated heterocycles. The van der Waals surface area contributed by atoms with Crippen LogP contribution in [0.1, 0.15) is 34.6 Å². The van der Waals surface area contributed by atoms with Crippen LogP contribution in [0.3, 0.4) is 0 Å². The minimum absolute atomic E-state index is 0.164. The van der Waals surface area contributed by atoms with Crippen LogP contribution in [-0.4, -0.2) is 6.29 Å². The minimum Gasteiger partial charge on any atom is -0.303 e. The highest BCUT2D eigenvalue weighted by atomic mass is 19.1. The van der Waals surface area contributed by atoms with E-state index >= 15 is 0 Å². The maximum atomic E-state index is 13.4. The van der Waals surface area contributed by atoms with Crippen LogP contribution in [0.25, 0.3) is 0 Å². The Hall–Kier alpha value is -1.96. The first-order valence-electron chi connectivity index (χ1n) is 6.56. The maximum Gasteiger partial charge on any atom is 0.123 e. The Bertz CT molecular complexity index is 618. The van der Waals surface area contributed by atoms with Gasteiger partial charge in [0.2, 0.25) is 0 Å². The Balaban J connectivity index is 2.11. The Labute approximate surface area is 112 Å². The molecule has 0 radical (unpaired) electrons. The molecule has 0 bridgehead atoms. The molecule has 0 fully saturated rings. The second kappa shape index (κ2) is 4.96. The van der Waals surface area contributed by atoms with E-state index < -0.39 is 0 Å².